The minimum absolute atomic E-state index is 0.191. The molecule has 1 rings (SSSR count). The summed E-state index contributed by atoms with van der Waals surface area (Å²) >= 11 is 5.56. The van der Waals surface area contributed by atoms with Crippen LogP contribution in [-0.2, 0) is 0 Å². The molecule has 0 fully saturated rings. The molecule has 1 aromatic rings. The Balaban J connectivity index is 2.75. The summed E-state index contributed by atoms with van der Waals surface area (Å²) in [5.41, 5.74) is 0.474. The van der Waals surface area contributed by atoms with Crippen LogP contribution in [0.3, 0.4) is 0 Å². The molecule has 13 heavy (non-hydrogen) atoms. The summed E-state index contributed by atoms with van der Waals surface area (Å²) in [5, 5.41) is 0.504. The first-order chi connectivity index (χ1) is 5.97. The molecule has 0 amide bonds. The van der Waals surface area contributed by atoms with E-state index < -0.39 is 6.18 Å². The molecule has 0 atom stereocenters. The van der Waals surface area contributed by atoms with Crippen molar-refractivity contribution in [2.45, 2.75) is 6.18 Å². The molecule has 0 nitrogen and oxygen atoms in total. The van der Waals surface area contributed by atoms with Crippen molar-refractivity contribution in [3.63, 3.8) is 0 Å². The van der Waals surface area contributed by atoms with Gasteiger partial charge >= 0.3 is 6.18 Å². The molecule has 1 aromatic carbocycles. The van der Waals surface area contributed by atoms with E-state index in [2.05, 4.69) is 0 Å². The van der Waals surface area contributed by atoms with Crippen molar-refractivity contribution in [2.75, 3.05) is 0 Å². The van der Waals surface area contributed by atoms with Crippen LogP contribution in [0.4, 0.5) is 13.2 Å². The Morgan fingerprint density at radius 1 is 1.08 bits per heavy atom. The summed E-state index contributed by atoms with van der Waals surface area (Å²) in [6.07, 6.45) is -3.08. The lowest BCUT2D eigenvalue weighted by atomic mass is 10.2. The monoisotopic (exact) mass is 206 g/mol. The highest BCUT2D eigenvalue weighted by Gasteiger charge is 2.21. The minimum atomic E-state index is -4.26. The number of rotatable bonds is 1. The predicted octanol–water partition coefficient (Wildman–Crippen LogP) is 3.92. The third-order valence-electron chi connectivity index (χ3n) is 1.33. The van der Waals surface area contributed by atoms with Gasteiger partial charge in [-0.15, -0.1) is 0 Å². The number of allylic oxidation sites excluding steroid dienone is 1. The molecular formula is C9H6ClF3. The fourth-order valence-corrected chi connectivity index (χ4v) is 0.891. The first-order valence-electron chi connectivity index (χ1n) is 3.49. The van der Waals surface area contributed by atoms with E-state index in [-0.39, 0.29) is 6.08 Å². The number of halogens is 4. The number of alkyl halides is 3. The van der Waals surface area contributed by atoms with Gasteiger partial charge in [0.25, 0.3) is 0 Å². The Morgan fingerprint density at radius 2 is 1.62 bits per heavy atom. The van der Waals surface area contributed by atoms with Gasteiger partial charge in [0, 0.05) is 11.1 Å². The molecule has 0 aliphatic rings. The molecule has 4 heteroatoms. The van der Waals surface area contributed by atoms with Crippen molar-refractivity contribution in [1.29, 1.82) is 0 Å². The zero-order chi connectivity index (χ0) is 9.90. The van der Waals surface area contributed by atoms with E-state index in [1.807, 2.05) is 0 Å². The van der Waals surface area contributed by atoms with Crippen LogP contribution >= 0.6 is 11.6 Å². The fourth-order valence-electron chi connectivity index (χ4n) is 0.765. The Labute approximate surface area is 78.6 Å². The molecule has 0 spiro atoms. The maximum Gasteiger partial charge on any atom is 0.409 e. The van der Waals surface area contributed by atoms with E-state index in [1.54, 1.807) is 0 Å². The summed E-state index contributed by atoms with van der Waals surface area (Å²) in [4.78, 5) is 0. The van der Waals surface area contributed by atoms with Crippen LogP contribution in [0.2, 0.25) is 5.02 Å². The Hall–Kier alpha value is -0.960. The van der Waals surface area contributed by atoms with Crippen molar-refractivity contribution in [1.82, 2.24) is 0 Å². The average molecular weight is 207 g/mol. The molecule has 0 saturated carbocycles. The standard InChI is InChI=1S/C9H6ClF3/c10-8-3-1-7(2-4-8)5-6-9(11,12)13/h1-6H. The highest BCUT2D eigenvalue weighted by Crippen LogP contribution is 2.18. The van der Waals surface area contributed by atoms with E-state index in [4.69, 9.17) is 11.6 Å². The summed E-state index contributed by atoms with van der Waals surface area (Å²) in [7, 11) is 0. The number of hydrogen-bond acceptors (Lipinski definition) is 0. The second kappa shape index (κ2) is 3.83. The second-order valence-corrected chi connectivity index (χ2v) is 2.86. The van der Waals surface area contributed by atoms with Crippen LogP contribution in [-0.4, -0.2) is 6.18 Å². The van der Waals surface area contributed by atoms with Crippen LogP contribution in [0.15, 0.2) is 30.3 Å². The molecule has 70 valence electrons. The molecule has 0 N–H and O–H groups in total. The largest absolute Gasteiger partial charge is 0.409 e. The molecule has 0 aliphatic carbocycles. The Morgan fingerprint density at radius 3 is 2.08 bits per heavy atom. The topological polar surface area (TPSA) is 0 Å². The average Bonchev–Trinajstić information content (AvgIpc) is 2.02. The normalized spacial score (nSPS) is 12.3. The van der Waals surface area contributed by atoms with Crippen molar-refractivity contribution in [2.24, 2.45) is 0 Å². The van der Waals surface area contributed by atoms with Gasteiger partial charge in [-0.1, -0.05) is 29.8 Å². The lowest BCUT2D eigenvalue weighted by molar-refractivity contribution is -0.0790. The molecular weight excluding hydrogens is 201 g/mol. The van der Waals surface area contributed by atoms with Crippen molar-refractivity contribution < 1.29 is 13.2 Å². The van der Waals surface area contributed by atoms with E-state index in [9.17, 15) is 13.2 Å². The Kier molecular flexibility index (Phi) is 2.98. The second-order valence-electron chi connectivity index (χ2n) is 2.43. The van der Waals surface area contributed by atoms with Crippen LogP contribution in [0.1, 0.15) is 5.56 Å². The lowest BCUT2D eigenvalue weighted by Gasteiger charge is -1.97. The number of benzene rings is 1. The smallest absolute Gasteiger partial charge is 0.167 e. The first kappa shape index (κ1) is 10.1. The van der Waals surface area contributed by atoms with E-state index in [0.29, 0.717) is 10.6 Å². The maximum atomic E-state index is 11.7. The predicted molar refractivity (Wildman–Crippen MR) is 46.5 cm³/mol. The van der Waals surface area contributed by atoms with Gasteiger partial charge in [-0.25, -0.2) is 0 Å². The van der Waals surface area contributed by atoms with Crippen LogP contribution in [0, 0.1) is 0 Å². The van der Waals surface area contributed by atoms with E-state index in [0.717, 1.165) is 6.08 Å². The zero-order valence-corrected chi connectivity index (χ0v) is 7.23. The van der Waals surface area contributed by atoms with Crippen molar-refractivity contribution >= 4 is 17.7 Å². The van der Waals surface area contributed by atoms with Gasteiger partial charge in [-0.3, -0.25) is 0 Å². The highest BCUT2D eigenvalue weighted by atomic mass is 35.5. The van der Waals surface area contributed by atoms with Gasteiger partial charge in [0.2, 0.25) is 0 Å². The van der Waals surface area contributed by atoms with E-state index >= 15 is 0 Å². The SMILES string of the molecule is FC(F)(F)C=Cc1ccc(Cl)cc1. The summed E-state index contributed by atoms with van der Waals surface area (Å²) in [6.45, 7) is 0. The summed E-state index contributed by atoms with van der Waals surface area (Å²) < 4.78 is 35.1. The molecule has 0 bridgehead atoms. The summed E-state index contributed by atoms with van der Waals surface area (Å²) in [6, 6.07) is 6.12. The van der Waals surface area contributed by atoms with Crippen LogP contribution < -0.4 is 0 Å². The van der Waals surface area contributed by atoms with Crippen molar-refractivity contribution in [3.05, 3.63) is 40.9 Å². The molecule has 0 heterocycles. The highest BCUT2D eigenvalue weighted by molar-refractivity contribution is 6.30. The summed E-state index contributed by atoms with van der Waals surface area (Å²) in [5.74, 6) is 0. The third kappa shape index (κ3) is 3.99. The Bertz CT molecular complexity index is 298. The molecule has 0 aliphatic heterocycles. The fraction of sp³-hybridized carbons (Fsp3) is 0.111. The molecule has 0 saturated heterocycles. The molecule has 0 aromatic heterocycles. The minimum Gasteiger partial charge on any atom is -0.167 e. The van der Waals surface area contributed by atoms with Gasteiger partial charge in [0.1, 0.15) is 0 Å². The number of hydrogen-bond donors (Lipinski definition) is 0. The van der Waals surface area contributed by atoms with Gasteiger partial charge in [-0.2, -0.15) is 13.2 Å². The van der Waals surface area contributed by atoms with Gasteiger partial charge in [-0.05, 0) is 17.7 Å². The van der Waals surface area contributed by atoms with Gasteiger partial charge in [0.05, 0.1) is 0 Å². The van der Waals surface area contributed by atoms with Crippen LogP contribution in [0.5, 0.6) is 0 Å². The zero-order valence-electron chi connectivity index (χ0n) is 6.48. The van der Waals surface area contributed by atoms with E-state index in [1.165, 1.54) is 24.3 Å². The first-order valence-corrected chi connectivity index (χ1v) is 3.87. The quantitative estimate of drug-likeness (QED) is 0.654. The van der Waals surface area contributed by atoms with Crippen molar-refractivity contribution in [3.8, 4) is 0 Å². The van der Waals surface area contributed by atoms with Gasteiger partial charge < -0.3 is 0 Å². The molecule has 0 unspecified atom stereocenters. The van der Waals surface area contributed by atoms with Gasteiger partial charge in [0.15, 0.2) is 0 Å². The molecule has 0 radical (unpaired) electrons. The maximum absolute atomic E-state index is 11.7. The third-order valence-corrected chi connectivity index (χ3v) is 1.59. The lowest BCUT2D eigenvalue weighted by Crippen LogP contribution is -1.99. The van der Waals surface area contributed by atoms with Crippen LogP contribution in [0.25, 0.3) is 6.08 Å².